The van der Waals surface area contributed by atoms with Crippen LogP contribution in [0.4, 0.5) is 11.4 Å². The molecule has 0 saturated carbocycles. The quantitative estimate of drug-likeness (QED) is 0.138. The Morgan fingerprint density at radius 1 is 0.395 bits per heavy atom. The Kier molecular flexibility index (Phi) is 6.75. The fraction of sp³-hybridized carbons (Fsp3) is 0.0270. The van der Waals surface area contributed by atoms with Crippen molar-refractivity contribution in [3.05, 3.63) is 168 Å². The lowest BCUT2D eigenvalue weighted by Crippen LogP contribution is -2.28. The van der Waals surface area contributed by atoms with Gasteiger partial charge < -0.3 is 9.47 Å². The van der Waals surface area contributed by atoms with Crippen LogP contribution >= 0.6 is 0 Å². The fourth-order valence-electron chi connectivity index (χ4n) is 6.04. The zero-order valence-electron chi connectivity index (χ0n) is 23.1. The van der Waals surface area contributed by atoms with E-state index in [0.717, 1.165) is 11.1 Å². The van der Waals surface area contributed by atoms with Crippen molar-refractivity contribution in [1.29, 1.82) is 0 Å². The smallest absolute Gasteiger partial charge is 0.127 e. The van der Waals surface area contributed by atoms with Gasteiger partial charge in [0.2, 0.25) is 0 Å². The molecule has 0 bridgehead atoms. The normalized spacial score (nSPS) is 12.6. The Hall–Kier alpha value is -5.56. The van der Waals surface area contributed by atoms with Gasteiger partial charge in [-0.3, -0.25) is 21.4 Å². The van der Waals surface area contributed by atoms with E-state index in [-0.39, 0.29) is 0 Å². The Balaban J connectivity index is 1.30. The molecule has 1 aliphatic carbocycles. The van der Waals surface area contributed by atoms with Crippen LogP contribution in [-0.4, -0.2) is 10.4 Å². The van der Waals surface area contributed by atoms with Gasteiger partial charge in [-0.1, -0.05) is 72.8 Å². The number of benzene rings is 6. The Labute approximate surface area is 249 Å². The summed E-state index contributed by atoms with van der Waals surface area (Å²) in [5.41, 5.74) is 12.0. The lowest BCUT2D eigenvalue weighted by atomic mass is 9.68. The minimum absolute atomic E-state index is 0.548. The molecular formula is C37H28N2O4. The molecule has 6 heteroatoms. The number of rotatable bonds is 8. The zero-order chi connectivity index (χ0) is 29.2. The summed E-state index contributed by atoms with van der Waals surface area (Å²) < 4.78 is 12.2. The van der Waals surface area contributed by atoms with Crippen LogP contribution in [0, 0.1) is 0 Å². The van der Waals surface area contributed by atoms with Crippen molar-refractivity contribution in [3.63, 3.8) is 0 Å². The standard InChI is InChI=1S/C37H28N2O4/c40-38-27-13-21-31(22-14-27)42-29-17-9-25(10-18-29)37(35-7-3-1-5-33(35)34-6-2-4-8-36(34)37)26-11-19-30(20-12-26)43-32-23-15-28(39-41)16-24-32/h1-24,38-41H. The molecule has 0 saturated heterocycles. The molecule has 0 amide bonds. The molecule has 0 aromatic heterocycles. The first-order valence-corrected chi connectivity index (χ1v) is 14.0. The van der Waals surface area contributed by atoms with Gasteiger partial charge in [-0.05, 0) is 106 Å². The second kappa shape index (κ2) is 11.0. The minimum atomic E-state index is -0.548. The number of hydrogen-bond donors (Lipinski definition) is 4. The average Bonchev–Trinajstić information content (AvgIpc) is 3.37. The van der Waals surface area contributed by atoms with Crippen LogP contribution in [0.3, 0.4) is 0 Å². The summed E-state index contributed by atoms with van der Waals surface area (Å²) in [7, 11) is 0. The highest BCUT2D eigenvalue weighted by Crippen LogP contribution is 2.56. The lowest BCUT2D eigenvalue weighted by Gasteiger charge is -2.34. The lowest BCUT2D eigenvalue weighted by molar-refractivity contribution is 0.388. The molecule has 4 N–H and O–H groups in total. The number of nitrogens with one attached hydrogen (secondary N) is 2. The summed E-state index contributed by atoms with van der Waals surface area (Å²) in [6, 6.07) is 48.0. The molecule has 6 aromatic rings. The minimum Gasteiger partial charge on any atom is -0.457 e. The molecule has 0 aliphatic heterocycles. The van der Waals surface area contributed by atoms with Crippen LogP contribution in [0.1, 0.15) is 22.3 Å². The molecule has 210 valence electrons. The van der Waals surface area contributed by atoms with E-state index in [4.69, 9.17) is 19.9 Å². The zero-order valence-corrected chi connectivity index (χ0v) is 23.1. The monoisotopic (exact) mass is 564 g/mol. The Bertz CT molecular complexity index is 1730. The molecule has 1 aliphatic rings. The van der Waals surface area contributed by atoms with Gasteiger partial charge in [-0.25, -0.2) is 0 Å². The maximum atomic E-state index is 9.10. The molecule has 0 spiro atoms. The van der Waals surface area contributed by atoms with Crippen molar-refractivity contribution >= 4 is 11.4 Å². The van der Waals surface area contributed by atoms with Gasteiger partial charge in [0.15, 0.2) is 0 Å². The van der Waals surface area contributed by atoms with Crippen LogP contribution in [0.25, 0.3) is 11.1 Å². The third-order valence-electron chi connectivity index (χ3n) is 7.97. The van der Waals surface area contributed by atoms with Gasteiger partial charge in [0, 0.05) is 0 Å². The second-order valence-electron chi connectivity index (χ2n) is 10.4. The van der Waals surface area contributed by atoms with Gasteiger partial charge in [0.05, 0.1) is 16.8 Å². The number of hydrogen-bond acceptors (Lipinski definition) is 6. The fourth-order valence-corrected chi connectivity index (χ4v) is 6.04. The molecule has 6 aromatic carbocycles. The van der Waals surface area contributed by atoms with Crippen molar-refractivity contribution in [2.24, 2.45) is 0 Å². The Morgan fingerprint density at radius 2 is 0.721 bits per heavy atom. The summed E-state index contributed by atoms with van der Waals surface area (Å²) in [5.74, 6) is 2.79. The van der Waals surface area contributed by atoms with Crippen LogP contribution in [0.5, 0.6) is 23.0 Å². The van der Waals surface area contributed by atoms with Gasteiger partial charge in [-0.15, -0.1) is 0 Å². The molecular weight excluding hydrogens is 536 g/mol. The molecule has 43 heavy (non-hydrogen) atoms. The van der Waals surface area contributed by atoms with Crippen molar-refractivity contribution in [2.75, 3.05) is 11.0 Å². The molecule has 0 fully saturated rings. The highest BCUT2D eigenvalue weighted by atomic mass is 16.5. The van der Waals surface area contributed by atoms with Crippen LogP contribution in [-0.2, 0) is 5.41 Å². The second-order valence-corrected chi connectivity index (χ2v) is 10.4. The van der Waals surface area contributed by atoms with E-state index in [9.17, 15) is 0 Å². The van der Waals surface area contributed by atoms with E-state index < -0.39 is 5.41 Å². The summed E-state index contributed by atoms with van der Waals surface area (Å²) in [4.78, 5) is 0. The molecule has 7 rings (SSSR count). The predicted molar refractivity (Wildman–Crippen MR) is 168 cm³/mol. The molecule has 0 unspecified atom stereocenters. The number of fused-ring (bicyclic) bond motifs is 3. The van der Waals surface area contributed by atoms with E-state index >= 15 is 0 Å². The summed E-state index contributed by atoms with van der Waals surface area (Å²) >= 11 is 0. The first kappa shape index (κ1) is 26.3. The van der Waals surface area contributed by atoms with E-state index in [1.165, 1.54) is 22.3 Å². The summed E-state index contributed by atoms with van der Waals surface area (Å²) in [5, 5.41) is 18.2. The average molecular weight is 565 g/mol. The topological polar surface area (TPSA) is 83.0 Å². The van der Waals surface area contributed by atoms with Gasteiger partial charge in [0.25, 0.3) is 0 Å². The highest BCUT2D eigenvalue weighted by molar-refractivity contribution is 5.86. The van der Waals surface area contributed by atoms with Gasteiger partial charge >= 0.3 is 0 Å². The van der Waals surface area contributed by atoms with E-state index in [2.05, 4.69) is 83.8 Å². The number of ether oxygens (including phenoxy) is 2. The third-order valence-corrected chi connectivity index (χ3v) is 7.97. The van der Waals surface area contributed by atoms with Crippen LogP contribution < -0.4 is 20.4 Å². The molecule has 0 atom stereocenters. The first-order chi connectivity index (χ1) is 21.2. The Morgan fingerprint density at radius 3 is 1.07 bits per heavy atom. The highest BCUT2D eigenvalue weighted by Gasteiger charge is 2.45. The van der Waals surface area contributed by atoms with Gasteiger partial charge in [0.1, 0.15) is 23.0 Å². The molecule has 6 nitrogen and oxygen atoms in total. The molecule has 0 heterocycles. The SMILES string of the molecule is ONc1ccc(Oc2ccc(C3(c4ccc(Oc5ccc(NO)cc5)cc4)c4ccccc4-c4ccccc43)cc2)cc1. The predicted octanol–water partition coefficient (Wildman–Crippen LogP) is 9.24. The van der Waals surface area contributed by atoms with E-state index in [1.54, 1.807) is 48.5 Å². The van der Waals surface area contributed by atoms with Crippen LogP contribution in [0.15, 0.2) is 146 Å². The van der Waals surface area contributed by atoms with Crippen molar-refractivity contribution < 1.29 is 19.9 Å². The summed E-state index contributed by atoms with van der Waals surface area (Å²) in [6.07, 6.45) is 0. The van der Waals surface area contributed by atoms with Crippen molar-refractivity contribution in [2.45, 2.75) is 5.41 Å². The van der Waals surface area contributed by atoms with Crippen LogP contribution in [0.2, 0.25) is 0 Å². The van der Waals surface area contributed by atoms with E-state index in [0.29, 0.717) is 34.4 Å². The largest absolute Gasteiger partial charge is 0.457 e. The third kappa shape index (κ3) is 4.65. The number of anilines is 2. The summed E-state index contributed by atoms with van der Waals surface area (Å²) in [6.45, 7) is 0. The first-order valence-electron chi connectivity index (χ1n) is 14.0. The van der Waals surface area contributed by atoms with Crippen molar-refractivity contribution in [1.82, 2.24) is 0 Å². The maximum Gasteiger partial charge on any atom is 0.127 e. The van der Waals surface area contributed by atoms with Gasteiger partial charge in [-0.2, -0.15) is 0 Å². The van der Waals surface area contributed by atoms with Crippen molar-refractivity contribution in [3.8, 4) is 34.1 Å². The molecule has 0 radical (unpaired) electrons. The van der Waals surface area contributed by atoms with E-state index in [1.807, 2.05) is 24.3 Å². The maximum absolute atomic E-state index is 9.10.